The summed E-state index contributed by atoms with van der Waals surface area (Å²) in [6, 6.07) is 0. The molecule has 0 aromatic rings. The van der Waals surface area contributed by atoms with Crippen LogP contribution in [0.5, 0.6) is 0 Å². The van der Waals surface area contributed by atoms with Crippen molar-refractivity contribution in [1.29, 1.82) is 0 Å². The average Bonchev–Trinajstić information content (AvgIpc) is 2.64. The van der Waals surface area contributed by atoms with Gasteiger partial charge in [-0.05, 0) is 37.5 Å². The normalized spacial score (nSPS) is 32.0. The first-order chi connectivity index (χ1) is 4.41. The van der Waals surface area contributed by atoms with E-state index in [1.54, 1.807) is 0 Å². The Morgan fingerprint density at radius 3 is 2.67 bits per heavy atom. The van der Waals surface area contributed by atoms with Crippen LogP contribution in [0.1, 0.15) is 38.5 Å². The fourth-order valence-electron chi connectivity index (χ4n) is 1.77. The first-order valence-corrected chi connectivity index (χ1v) is 4.10. The van der Waals surface area contributed by atoms with Gasteiger partial charge in [0.2, 0.25) is 0 Å². The van der Waals surface area contributed by atoms with Gasteiger partial charge in [-0.25, -0.2) is 0 Å². The average molecular weight is 122 g/mol. The molecule has 0 heteroatoms. The van der Waals surface area contributed by atoms with E-state index in [9.17, 15) is 0 Å². The zero-order chi connectivity index (χ0) is 6.16. The molecule has 0 aromatic heterocycles. The predicted molar refractivity (Wildman–Crippen MR) is 38.7 cm³/mol. The summed E-state index contributed by atoms with van der Waals surface area (Å²) in [7, 11) is 0. The van der Waals surface area contributed by atoms with Crippen LogP contribution in [0.25, 0.3) is 0 Å². The van der Waals surface area contributed by atoms with Gasteiger partial charge in [0.15, 0.2) is 0 Å². The number of hydrogen-bond donors (Lipinski definition) is 0. The molecular formula is C9H14. The van der Waals surface area contributed by atoms with Crippen LogP contribution in [0.15, 0.2) is 0 Å². The van der Waals surface area contributed by atoms with Gasteiger partial charge in [0.1, 0.15) is 0 Å². The minimum atomic E-state index is 0.663. The molecule has 0 aliphatic heterocycles. The quantitative estimate of drug-likeness (QED) is 0.463. The highest BCUT2D eigenvalue weighted by molar-refractivity contribution is 5.17. The Bertz CT molecular complexity index is 90.6. The van der Waals surface area contributed by atoms with Crippen molar-refractivity contribution in [1.82, 2.24) is 0 Å². The van der Waals surface area contributed by atoms with Crippen LogP contribution in [0.3, 0.4) is 0 Å². The van der Waals surface area contributed by atoms with Crippen LogP contribution >= 0.6 is 0 Å². The Morgan fingerprint density at radius 1 is 1.00 bits per heavy atom. The van der Waals surface area contributed by atoms with Crippen LogP contribution < -0.4 is 0 Å². The molecule has 0 N–H and O–H groups in total. The zero-order valence-corrected chi connectivity index (χ0v) is 5.90. The van der Waals surface area contributed by atoms with E-state index in [2.05, 4.69) is 12.8 Å². The van der Waals surface area contributed by atoms with Crippen molar-refractivity contribution in [3.63, 3.8) is 0 Å². The summed E-state index contributed by atoms with van der Waals surface area (Å²) in [5.41, 5.74) is 0.663. The molecule has 50 valence electrons. The van der Waals surface area contributed by atoms with Crippen LogP contribution in [0, 0.1) is 18.3 Å². The molecule has 2 aliphatic rings. The van der Waals surface area contributed by atoms with E-state index in [-0.39, 0.29) is 0 Å². The summed E-state index contributed by atoms with van der Waals surface area (Å²) < 4.78 is 0. The molecule has 0 saturated heterocycles. The van der Waals surface area contributed by atoms with Crippen molar-refractivity contribution in [2.45, 2.75) is 38.5 Å². The lowest BCUT2D eigenvalue weighted by molar-refractivity contribution is 0.553. The molecule has 0 aromatic carbocycles. The summed E-state index contributed by atoms with van der Waals surface area (Å²) in [6.45, 7) is 0. The summed E-state index contributed by atoms with van der Waals surface area (Å²) in [5, 5.41) is 0. The maximum atomic E-state index is 2.54. The molecule has 2 aliphatic carbocycles. The summed E-state index contributed by atoms with van der Waals surface area (Å²) >= 11 is 0. The summed E-state index contributed by atoms with van der Waals surface area (Å²) in [6.07, 6.45) is 13.6. The van der Waals surface area contributed by atoms with Crippen molar-refractivity contribution in [3.05, 3.63) is 12.8 Å². The molecule has 0 heterocycles. The third-order valence-electron chi connectivity index (χ3n) is 2.63. The first-order valence-electron chi connectivity index (χ1n) is 4.10. The number of rotatable bonds is 0. The third-order valence-corrected chi connectivity index (χ3v) is 2.63. The topological polar surface area (TPSA) is 0 Å². The SMILES string of the molecule is [CH]1CCCCCC12[CH]C2. The Morgan fingerprint density at radius 2 is 1.89 bits per heavy atom. The Balaban J connectivity index is 1.92. The van der Waals surface area contributed by atoms with Gasteiger partial charge >= 0.3 is 0 Å². The predicted octanol–water partition coefficient (Wildman–Crippen LogP) is 2.75. The van der Waals surface area contributed by atoms with Crippen molar-refractivity contribution in [2.75, 3.05) is 0 Å². The monoisotopic (exact) mass is 122 g/mol. The van der Waals surface area contributed by atoms with Crippen molar-refractivity contribution >= 4 is 0 Å². The van der Waals surface area contributed by atoms with Crippen LogP contribution in [-0.4, -0.2) is 0 Å². The van der Waals surface area contributed by atoms with Gasteiger partial charge in [0.25, 0.3) is 0 Å². The molecule has 2 rings (SSSR count). The van der Waals surface area contributed by atoms with E-state index in [0.717, 1.165) is 0 Å². The van der Waals surface area contributed by atoms with Gasteiger partial charge in [-0.15, -0.1) is 0 Å². The minimum Gasteiger partial charge on any atom is -0.0533 e. The molecule has 1 spiro atoms. The zero-order valence-electron chi connectivity index (χ0n) is 5.90. The Hall–Kier alpha value is 0. The molecule has 0 bridgehead atoms. The highest BCUT2D eigenvalue weighted by Crippen LogP contribution is 2.53. The molecule has 0 nitrogen and oxygen atoms in total. The molecular weight excluding hydrogens is 108 g/mol. The van der Waals surface area contributed by atoms with Gasteiger partial charge in [-0.2, -0.15) is 0 Å². The molecule has 1 unspecified atom stereocenters. The van der Waals surface area contributed by atoms with Gasteiger partial charge < -0.3 is 0 Å². The smallest absolute Gasteiger partial charge is 0.0232 e. The molecule has 2 radical (unpaired) electrons. The van der Waals surface area contributed by atoms with E-state index >= 15 is 0 Å². The van der Waals surface area contributed by atoms with E-state index in [1.165, 1.54) is 38.5 Å². The molecule has 2 saturated carbocycles. The standard InChI is InChI=1S/C9H14/c1-2-4-6-9(5-3-1)7-8-9/h5,7H,1-4,6,8H2. The third kappa shape index (κ3) is 1.12. The minimum absolute atomic E-state index is 0.663. The van der Waals surface area contributed by atoms with E-state index in [4.69, 9.17) is 0 Å². The number of hydrogen-bond acceptors (Lipinski definition) is 0. The van der Waals surface area contributed by atoms with Crippen molar-refractivity contribution in [3.8, 4) is 0 Å². The Labute approximate surface area is 57.6 Å². The second-order valence-electron chi connectivity index (χ2n) is 3.44. The maximum Gasteiger partial charge on any atom is -0.0232 e. The fraction of sp³-hybridized carbons (Fsp3) is 0.778. The summed E-state index contributed by atoms with van der Waals surface area (Å²) in [4.78, 5) is 0. The van der Waals surface area contributed by atoms with Gasteiger partial charge in [-0.1, -0.05) is 19.3 Å². The summed E-state index contributed by atoms with van der Waals surface area (Å²) in [5.74, 6) is 0. The highest BCUT2D eigenvalue weighted by atomic mass is 14.5. The van der Waals surface area contributed by atoms with Gasteiger partial charge in [0, 0.05) is 0 Å². The van der Waals surface area contributed by atoms with E-state index in [0.29, 0.717) is 5.41 Å². The van der Waals surface area contributed by atoms with Crippen molar-refractivity contribution in [2.24, 2.45) is 5.41 Å². The largest absolute Gasteiger partial charge is 0.0533 e. The van der Waals surface area contributed by atoms with Crippen LogP contribution in [-0.2, 0) is 0 Å². The second-order valence-corrected chi connectivity index (χ2v) is 3.44. The van der Waals surface area contributed by atoms with Crippen LogP contribution in [0.2, 0.25) is 0 Å². The first kappa shape index (κ1) is 5.76. The highest BCUT2D eigenvalue weighted by Gasteiger charge is 2.42. The lowest BCUT2D eigenvalue weighted by Crippen LogP contribution is -1.97. The Kier molecular flexibility index (Phi) is 1.28. The lowest BCUT2D eigenvalue weighted by atomic mass is 9.98. The molecule has 9 heavy (non-hydrogen) atoms. The lowest BCUT2D eigenvalue weighted by Gasteiger charge is -2.07. The van der Waals surface area contributed by atoms with Gasteiger partial charge in [-0.3, -0.25) is 0 Å². The fourth-order valence-corrected chi connectivity index (χ4v) is 1.77. The molecule has 1 atom stereocenters. The maximum absolute atomic E-state index is 2.54. The van der Waals surface area contributed by atoms with Crippen molar-refractivity contribution < 1.29 is 0 Å². The second kappa shape index (κ2) is 2.00. The van der Waals surface area contributed by atoms with E-state index in [1.807, 2.05) is 0 Å². The van der Waals surface area contributed by atoms with E-state index < -0.39 is 0 Å². The van der Waals surface area contributed by atoms with Crippen LogP contribution in [0.4, 0.5) is 0 Å². The molecule has 2 fully saturated rings. The molecule has 0 amide bonds. The van der Waals surface area contributed by atoms with Gasteiger partial charge in [0.05, 0.1) is 0 Å².